The third kappa shape index (κ3) is 2.01. The van der Waals surface area contributed by atoms with Crippen LogP contribution < -0.4 is 16.1 Å². The predicted molar refractivity (Wildman–Crippen MR) is 63.3 cm³/mol. The van der Waals surface area contributed by atoms with Gasteiger partial charge in [-0.15, -0.1) is 0 Å². The summed E-state index contributed by atoms with van der Waals surface area (Å²) in [5.74, 6) is 0. The molecule has 7 nitrogen and oxygen atoms in total. The van der Waals surface area contributed by atoms with Crippen LogP contribution in [0.3, 0.4) is 0 Å². The molecule has 0 amide bonds. The minimum Gasteiger partial charge on any atom is -0.338 e. The fourth-order valence-electron chi connectivity index (χ4n) is 1.70. The first-order valence-corrected chi connectivity index (χ1v) is 5.44. The lowest BCUT2D eigenvalue weighted by Crippen LogP contribution is -3.06. The Morgan fingerprint density at radius 2 is 2.12 bits per heavy atom. The molecular formula is C10H16N5O2+. The van der Waals surface area contributed by atoms with Crippen molar-refractivity contribution in [1.82, 2.24) is 19.1 Å². The van der Waals surface area contributed by atoms with Gasteiger partial charge in [-0.1, -0.05) is 0 Å². The van der Waals surface area contributed by atoms with E-state index in [1.165, 1.54) is 9.47 Å². The van der Waals surface area contributed by atoms with E-state index >= 15 is 0 Å². The van der Waals surface area contributed by atoms with Gasteiger partial charge in [0.15, 0.2) is 11.2 Å². The van der Waals surface area contributed by atoms with Gasteiger partial charge in [0.2, 0.25) is 0 Å². The Balaban J connectivity index is 2.57. The summed E-state index contributed by atoms with van der Waals surface area (Å²) in [7, 11) is 5.67. The van der Waals surface area contributed by atoms with Crippen LogP contribution in [0.25, 0.3) is 11.2 Å². The molecule has 17 heavy (non-hydrogen) atoms. The van der Waals surface area contributed by atoms with Crippen LogP contribution in [0, 0.1) is 0 Å². The van der Waals surface area contributed by atoms with Crippen molar-refractivity contribution in [3.8, 4) is 0 Å². The van der Waals surface area contributed by atoms with Gasteiger partial charge in [0.05, 0.1) is 33.5 Å². The zero-order valence-corrected chi connectivity index (χ0v) is 10.1. The number of nitrogens with zero attached hydrogens (tertiary/aromatic N) is 3. The lowest BCUT2D eigenvalue weighted by molar-refractivity contribution is -0.858. The van der Waals surface area contributed by atoms with Crippen molar-refractivity contribution in [2.45, 2.75) is 6.54 Å². The largest absolute Gasteiger partial charge is 0.338 e. The summed E-state index contributed by atoms with van der Waals surface area (Å²) >= 11 is 0. The Kier molecular flexibility index (Phi) is 2.84. The summed E-state index contributed by atoms with van der Waals surface area (Å²) < 4.78 is 3.12. The summed E-state index contributed by atoms with van der Waals surface area (Å²) in [5.41, 5.74) is 0.0567. The number of aromatic nitrogens is 4. The molecule has 0 saturated carbocycles. The molecule has 2 heterocycles. The maximum atomic E-state index is 11.7. The summed E-state index contributed by atoms with van der Waals surface area (Å²) in [6.07, 6.45) is 1.60. The average molecular weight is 238 g/mol. The van der Waals surface area contributed by atoms with Gasteiger partial charge in [0, 0.05) is 7.05 Å². The normalized spacial score (nSPS) is 11.5. The molecule has 0 radical (unpaired) electrons. The van der Waals surface area contributed by atoms with Crippen molar-refractivity contribution < 1.29 is 4.90 Å². The van der Waals surface area contributed by atoms with Crippen LogP contribution in [0.1, 0.15) is 0 Å². The summed E-state index contributed by atoms with van der Waals surface area (Å²) in [6.45, 7) is 1.58. The van der Waals surface area contributed by atoms with Crippen LogP contribution in [0.5, 0.6) is 0 Å². The molecule has 0 spiro atoms. The first-order chi connectivity index (χ1) is 8.00. The highest BCUT2D eigenvalue weighted by atomic mass is 16.2. The van der Waals surface area contributed by atoms with Crippen LogP contribution in [0.2, 0.25) is 0 Å². The monoisotopic (exact) mass is 238 g/mol. The van der Waals surface area contributed by atoms with Crippen molar-refractivity contribution in [1.29, 1.82) is 0 Å². The highest BCUT2D eigenvalue weighted by molar-refractivity contribution is 5.69. The molecule has 0 unspecified atom stereocenters. The van der Waals surface area contributed by atoms with E-state index < -0.39 is 5.69 Å². The second-order valence-corrected chi connectivity index (χ2v) is 4.39. The number of imidazole rings is 1. The minimum atomic E-state index is -0.439. The Bertz CT molecular complexity index is 649. The van der Waals surface area contributed by atoms with Gasteiger partial charge in [-0.3, -0.25) is 14.3 Å². The van der Waals surface area contributed by atoms with Gasteiger partial charge in [0.25, 0.3) is 5.56 Å². The van der Waals surface area contributed by atoms with E-state index in [1.807, 2.05) is 14.1 Å². The molecule has 0 fully saturated rings. The van der Waals surface area contributed by atoms with Gasteiger partial charge in [-0.25, -0.2) is 9.78 Å². The summed E-state index contributed by atoms with van der Waals surface area (Å²) in [4.78, 5) is 30.8. The Morgan fingerprint density at radius 3 is 2.76 bits per heavy atom. The molecule has 0 saturated heterocycles. The van der Waals surface area contributed by atoms with Crippen LogP contribution in [-0.2, 0) is 13.6 Å². The van der Waals surface area contributed by atoms with Gasteiger partial charge >= 0.3 is 5.69 Å². The first-order valence-electron chi connectivity index (χ1n) is 5.44. The molecule has 0 aromatic carbocycles. The summed E-state index contributed by atoms with van der Waals surface area (Å²) in [5, 5.41) is 0. The lowest BCUT2D eigenvalue weighted by Gasteiger charge is -2.08. The zero-order valence-electron chi connectivity index (χ0n) is 10.1. The molecule has 0 aliphatic carbocycles. The van der Waals surface area contributed by atoms with Gasteiger partial charge in [-0.05, 0) is 0 Å². The molecule has 2 rings (SSSR count). The molecule has 0 bridgehead atoms. The second kappa shape index (κ2) is 4.17. The molecule has 2 aromatic rings. The predicted octanol–water partition coefficient (Wildman–Crippen LogP) is -2.43. The van der Waals surface area contributed by atoms with Crippen molar-refractivity contribution >= 4 is 11.2 Å². The van der Waals surface area contributed by atoms with E-state index in [0.29, 0.717) is 17.7 Å². The molecule has 0 aliphatic rings. The number of quaternary nitrogens is 1. The minimum absolute atomic E-state index is 0.380. The van der Waals surface area contributed by atoms with Crippen molar-refractivity contribution in [3.63, 3.8) is 0 Å². The quantitative estimate of drug-likeness (QED) is 0.624. The number of hydrogen-bond acceptors (Lipinski definition) is 3. The zero-order chi connectivity index (χ0) is 12.6. The van der Waals surface area contributed by atoms with Crippen LogP contribution in [-0.4, -0.2) is 39.7 Å². The number of fused-ring (bicyclic) bond motifs is 1. The van der Waals surface area contributed by atoms with Gasteiger partial charge in [-0.2, -0.15) is 0 Å². The Labute approximate surface area is 97.3 Å². The molecular weight excluding hydrogens is 222 g/mol. The summed E-state index contributed by atoms with van der Waals surface area (Å²) in [6, 6.07) is 0. The number of H-pyrrole nitrogens is 1. The number of rotatable bonds is 3. The number of aryl methyl sites for hydroxylation is 1. The van der Waals surface area contributed by atoms with E-state index in [2.05, 4.69) is 9.97 Å². The van der Waals surface area contributed by atoms with Crippen LogP contribution >= 0.6 is 0 Å². The number of likely N-dealkylation sites (N-methyl/N-ethyl adjacent to an activating group) is 1. The van der Waals surface area contributed by atoms with Crippen molar-refractivity contribution in [3.05, 3.63) is 27.2 Å². The third-order valence-corrected chi connectivity index (χ3v) is 2.73. The van der Waals surface area contributed by atoms with Crippen molar-refractivity contribution in [2.75, 3.05) is 20.6 Å². The molecule has 0 aliphatic heterocycles. The van der Waals surface area contributed by atoms with E-state index in [1.54, 1.807) is 17.9 Å². The maximum Gasteiger partial charge on any atom is 0.329 e. The van der Waals surface area contributed by atoms with Crippen LogP contribution in [0.4, 0.5) is 0 Å². The molecule has 0 atom stereocenters. The second-order valence-electron chi connectivity index (χ2n) is 4.39. The fourth-order valence-corrected chi connectivity index (χ4v) is 1.70. The molecule has 92 valence electrons. The topological polar surface area (TPSA) is 77.1 Å². The number of nitrogens with one attached hydrogen (secondary N) is 2. The third-order valence-electron chi connectivity index (χ3n) is 2.73. The van der Waals surface area contributed by atoms with Crippen molar-refractivity contribution in [2.24, 2.45) is 7.05 Å². The maximum absolute atomic E-state index is 11.7. The fraction of sp³-hybridized carbons (Fsp3) is 0.500. The highest BCUT2D eigenvalue weighted by Gasteiger charge is 2.11. The van der Waals surface area contributed by atoms with E-state index in [0.717, 1.165) is 6.54 Å². The van der Waals surface area contributed by atoms with Gasteiger partial charge < -0.3 is 9.47 Å². The lowest BCUT2D eigenvalue weighted by atomic mass is 10.5. The molecule has 2 N–H and O–H groups in total. The van der Waals surface area contributed by atoms with E-state index in [9.17, 15) is 9.59 Å². The number of aromatic amines is 1. The van der Waals surface area contributed by atoms with E-state index in [-0.39, 0.29) is 5.56 Å². The van der Waals surface area contributed by atoms with Crippen LogP contribution in [0.15, 0.2) is 15.9 Å². The highest BCUT2D eigenvalue weighted by Crippen LogP contribution is 2.03. The standard InChI is InChI=1S/C10H15N5O2/c1-13(2)4-5-15-6-11-8-7(15)9(16)12-10(17)14(8)3/h6H,4-5H2,1-3H3,(H,12,16,17)/p+1. The Hall–Kier alpha value is -1.89. The molecule has 7 heteroatoms. The Morgan fingerprint density at radius 1 is 1.41 bits per heavy atom. The van der Waals surface area contributed by atoms with E-state index in [4.69, 9.17) is 0 Å². The SMILES string of the molecule is Cn1c(=O)[nH]c(=O)c2c1ncn2CC[NH+](C)C. The molecule has 2 aromatic heterocycles. The number of hydrogen-bond donors (Lipinski definition) is 2. The first kappa shape index (κ1) is 11.6. The van der Waals surface area contributed by atoms with Gasteiger partial charge in [0.1, 0.15) is 0 Å². The average Bonchev–Trinajstić information content (AvgIpc) is 2.67. The smallest absolute Gasteiger partial charge is 0.329 e.